The van der Waals surface area contributed by atoms with Gasteiger partial charge in [0.2, 0.25) is 5.88 Å². The number of ether oxygens (including phenoxy) is 1. The molecule has 5 nitrogen and oxygen atoms in total. The van der Waals surface area contributed by atoms with Crippen LogP contribution >= 0.6 is 0 Å². The number of aryl methyl sites for hydroxylation is 2. The highest BCUT2D eigenvalue weighted by Crippen LogP contribution is 2.24. The topological polar surface area (TPSA) is 58.0 Å². The molecule has 126 valence electrons. The van der Waals surface area contributed by atoms with E-state index in [0.29, 0.717) is 11.7 Å². The molecule has 0 bridgehead atoms. The van der Waals surface area contributed by atoms with Crippen molar-refractivity contribution in [3.63, 3.8) is 0 Å². The molecular formula is C19H23N3O2. The van der Waals surface area contributed by atoms with Crippen LogP contribution in [-0.2, 0) is 0 Å². The highest BCUT2D eigenvalue weighted by Gasteiger charge is 2.17. The van der Waals surface area contributed by atoms with E-state index in [1.807, 2.05) is 31.2 Å². The van der Waals surface area contributed by atoms with Gasteiger partial charge in [-0.25, -0.2) is 4.98 Å². The molecule has 24 heavy (non-hydrogen) atoms. The molecule has 0 unspecified atom stereocenters. The third-order valence-electron chi connectivity index (χ3n) is 4.29. The Morgan fingerprint density at radius 3 is 2.54 bits per heavy atom. The number of amidine groups is 1. The highest BCUT2D eigenvalue weighted by molar-refractivity contribution is 5.98. The molecule has 1 aliphatic heterocycles. The SMILES string of the molecule is Cc1ccc(Oc2ccc(/C(=N/O)N3CCCCC3)cn2)c(C)c1. The summed E-state index contributed by atoms with van der Waals surface area (Å²) < 4.78 is 5.85. The number of hydrogen-bond donors (Lipinski definition) is 1. The number of benzene rings is 1. The number of aromatic nitrogens is 1. The summed E-state index contributed by atoms with van der Waals surface area (Å²) in [5.74, 6) is 1.91. The molecule has 2 aromatic rings. The first kappa shape index (κ1) is 16.3. The average molecular weight is 325 g/mol. The lowest BCUT2D eigenvalue weighted by Gasteiger charge is -2.28. The number of hydrogen-bond acceptors (Lipinski definition) is 4. The van der Waals surface area contributed by atoms with Crippen LogP contribution in [0.1, 0.15) is 36.0 Å². The number of pyridine rings is 1. The predicted molar refractivity (Wildman–Crippen MR) is 94.0 cm³/mol. The Bertz CT molecular complexity index is 720. The van der Waals surface area contributed by atoms with Crippen LogP contribution in [0, 0.1) is 13.8 Å². The summed E-state index contributed by atoms with van der Waals surface area (Å²) >= 11 is 0. The van der Waals surface area contributed by atoms with Crippen LogP contribution < -0.4 is 4.74 Å². The first-order chi connectivity index (χ1) is 11.7. The normalized spacial score (nSPS) is 15.4. The van der Waals surface area contributed by atoms with Gasteiger partial charge in [-0.2, -0.15) is 0 Å². The Balaban J connectivity index is 1.74. The first-order valence-electron chi connectivity index (χ1n) is 8.36. The van der Waals surface area contributed by atoms with E-state index in [4.69, 9.17) is 4.74 Å². The molecule has 0 aliphatic carbocycles. The van der Waals surface area contributed by atoms with Gasteiger partial charge < -0.3 is 14.8 Å². The third-order valence-corrected chi connectivity index (χ3v) is 4.29. The Hall–Kier alpha value is -2.56. The Labute approximate surface area is 142 Å². The molecule has 2 heterocycles. The summed E-state index contributed by atoms with van der Waals surface area (Å²) in [5.41, 5.74) is 3.08. The third kappa shape index (κ3) is 3.67. The van der Waals surface area contributed by atoms with Crippen LogP contribution in [0.3, 0.4) is 0 Å². The molecular weight excluding hydrogens is 302 g/mol. The van der Waals surface area contributed by atoms with Crippen LogP contribution in [0.4, 0.5) is 0 Å². The van der Waals surface area contributed by atoms with E-state index in [1.54, 1.807) is 6.20 Å². The number of rotatable bonds is 3. The minimum Gasteiger partial charge on any atom is -0.439 e. The van der Waals surface area contributed by atoms with Crippen LogP contribution in [0.5, 0.6) is 11.6 Å². The zero-order valence-electron chi connectivity index (χ0n) is 14.2. The standard InChI is InChI=1S/C19H23N3O2/c1-14-6-8-17(15(2)12-14)24-18-9-7-16(13-20-18)19(21-23)22-10-4-3-5-11-22/h6-9,12-13,23H,3-5,10-11H2,1-2H3/b21-19-. The van der Waals surface area contributed by atoms with Crippen molar-refractivity contribution < 1.29 is 9.94 Å². The van der Waals surface area contributed by atoms with Gasteiger partial charge >= 0.3 is 0 Å². The summed E-state index contributed by atoms with van der Waals surface area (Å²) in [5, 5.41) is 12.9. The van der Waals surface area contributed by atoms with E-state index < -0.39 is 0 Å². The van der Waals surface area contributed by atoms with E-state index >= 15 is 0 Å². The van der Waals surface area contributed by atoms with Crippen molar-refractivity contribution >= 4 is 5.84 Å². The summed E-state index contributed by atoms with van der Waals surface area (Å²) in [6.45, 7) is 5.91. The van der Waals surface area contributed by atoms with Gasteiger partial charge in [0.05, 0.1) is 0 Å². The van der Waals surface area contributed by atoms with Gasteiger partial charge in [-0.3, -0.25) is 0 Å². The predicted octanol–water partition coefficient (Wildman–Crippen LogP) is 4.11. The van der Waals surface area contributed by atoms with Crippen molar-refractivity contribution in [1.29, 1.82) is 0 Å². The van der Waals surface area contributed by atoms with E-state index in [2.05, 4.69) is 28.0 Å². The summed E-state index contributed by atoms with van der Waals surface area (Å²) in [4.78, 5) is 6.46. The summed E-state index contributed by atoms with van der Waals surface area (Å²) in [6, 6.07) is 9.74. The molecule has 3 rings (SSSR count). The van der Waals surface area contributed by atoms with Crippen LogP contribution in [-0.4, -0.2) is 34.0 Å². The molecule has 1 aromatic carbocycles. The monoisotopic (exact) mass is 325 g/mol. The maximum atomic E-state index is 9.39. The number of likely N-dealkylation sites (tertiary alicyclic amines) is 1. The van der Waals surface area contributed by atoms with Crippen molar-refractivity contribution in [3.8, 4) is 11.6 Å². The van der Waals surface area contributed by atoms with Crippen molar-refractivity contribution in [3.05, 3.63) is 53.2 Å². The molecule has 1 aromatic heterocycles. The van der Waals surface area contributed by atoms with E-state index in [1.165, 1.54) is 12.0 Å². The Morgan fingerprint density at radius 2 is 1.92 bits per heavy atom. The van der Waals surface area contributed by atoms with Gasteiger partial charge in [0.25, 0.3) is 0 Å². The second kappa shape index (κ2) is 7.34. The molecule has 1 fully saturated rings. The minimum atomic E-state index is 0.529. The number of piperidine rings is 1. The molecule has 1 N–H and O–H groups in total. The number of oxime groups is 1. The maximum absolute atomic E-state index is 9.39. The van der Waals surface area contributed by atoms with Crippen molar-refractivity contribution in [2.24, 2.45) is 5.16 Å². The fourth-order valence-corrected chi connectivity index (χ4v) is 3.01. The van der Waals surface area contributed by atoms with Gasteiger partial charge in [0.1, 0.15) is 5.75 Å². The second-order valence-corrected chi connectivity index (χ2v) is 6.23. The molecule has 0 atom stereocenters. The molecule has 0 saturated carbocycles. The Morgan fingerprint density at radius 1 is 1.12 bits per heavy atom. The van der Waals surface area contributed by atoms with Crippen molar-refractivity contribution in [2.45, 2.75) is 33.1 Å². The molecule has 1 aliphatic rings. The maximum Gasteiger partial charge on any atom is 0.219 e. The van der Waals surface area contributed by atoms with Crippen LogP contribution in [0.25, 0.3) is 0 Å². The van der Waals surface area contributed by atoms with Gasteiger partial charge in [0, 0.05) is 30.9 Å². The van der Waals surface area contributed by atoms with Crippen molar-refractivity contribution in [2.75, 3.05) is 13.1 Å². The van der Waals surface area contributed by atoms with Gasteiger partial charge in [0.15, 0.2) is 5.84 Å². The van der Waals surface area contributed by atoms with Crippen LogP contribution in [0.2, 0.25) is 0 Å². The van der Waals surface area contributed by atoms with Gasteiger partial charge in [-0.1, -0.05) is 22.9 Å². The fraction of sp³-hybridized carbons (Fsp3) is 0.368. The first-order valence-corrected chi connectivity index (χ1v) is 8.36. The van der Waals surface area contributed by atoms with E-state index in [9.17, 15) is 5.21 Å². The molecule has 0 spiro atoms. The fourth-order valence-electron chi connectivity index (χ4n) is 3.01. The van der Waals surface area contributed by atoms with Crippen molar-refractivity contribution in [1.82, 2.24) is 9.88 Å². The molecule has 5 heteroatoms. The molecule has 1 saturated heterocycles. The van der Waals surface area contributed by atoms with Gasteiger partial charge in [-0.05, 0) is 50.8 Å². The largest absolute Gasteiger partial charge is 0.439 e. The van der Waals surface area contributed by atoms with E-state index in [0.717, 1.165) is 42.8 Å². The molecule has 0 amide bonds. The second-order valence-electron chi connectivity index (χ2n) is 6.23. The lowest BCUT2D eigenvalue weighted by molar-refractivity contribution is 0.286. The van der Waals surface area contributed by atoms with Crippen LogP contribution in [0.15, 0.2) is 41.7 Å². The highest BCUT2D eigenvalue weighted by atomic mass is 16.5. The molecule has 0 radical (unpaired) electrons. The Kier molecular flexibility index (Phi) is 4.99. The number of nitrogens with zero attached hydrogens (tertiary/aromatic N) is 3. The average Bonchev–Trinajstić information content (AvgIpc) is 2.60. The lowest BCUT2D eigenvalue weighted by atomic mass is 10.1. The summed E-state index contributed by atoms with van der Waals surface area (Å²) in [6.07, 6.45) is 5.18. The van der Waals surface area contributed by atoms with Gasteiger partial charge in [-0.15, -0.1) is 0 Å². The summed E-state index contributed by atoms with van der Waals surface area (Å²) in [7, 11) is 0. The lowest BCUT2D eigenvalue weighted by Crippen LogP contribution is -2.36. The zero-order valence-corrected chi connectivity index (χ0v) is 14.2. The van der Waals surface area contributed by atoms with E-state index in [-0.39, 0.29) is 0 Å². The smallest absolute Gasteiger partial charge is 0.219 e. The zero-order chi connectivity index (χ0) is 16.9. The minimum absolute atomic E-state index is 0.529. The quantitative estimate of drug-likeness (QED) is 0.399.